The maximum absolute atomic E-state index is 13.7. The Labute approximate surface area is 211 Å². The molecule has 3 aromatic rings. The van der Waals surface area contributed by atoms with E-state index in [4.69, 9.17) is 19.5 Å². The Kier molecular flexibility index (Phi) is 8.01. The Morgan fingerprint density at radius 3 is 2.78 bits per heavy atom. The topological polar surface area (TPSA) is 155 Å². The van der Waals surface area contributed by atoms with Gasteiger partial charge in [0.1, 0.15) is 17.6 Å². The predicted molar refractivity (Wildman–Crippen MR) is 137 cm³/mol. The maximum Gasteiger partial charge on any atom is 0.459 e. The van der Waals surface area contributed by atoms with Gasteiger partial charge in [0.15, 0.2) is 0 Å². The van der Waals surface area contributed by atoms with E-state index in [9.17, 15) is 19.3 Å². The molecule has 0 aliphatic carbocycles. The number of anilines is 1. The lowest BCUT2D eigenvalue weighted by Crippen LogP contribution is -2.35. The number of nitrogens with zero attached hydrogens (tertiary/aromatic N) is 2. The number of ether oxygens (including phenoxy) is 1. The number of rotatable bonds is 9. The summed E-state index contributed by atoms with van der Waals surface area (Å²) in [7, 11) is -2.88. The van der Waals surface area contributed by atoms with Crippen molar-refractivity contribution in [3.8, 4) is 5.75 Å². The molecule has 2 aromatic carbocycles. The molecule has 11 nitrogen and oxygen atoms in total. The number of methoxy groups -OCH3 is 1. The van der Waals surface area contributed by atoms with Crippen LogP contribution in [0.25, 0.3) is 10.8 Å². The number of aliphatic hydroxyl groups excluding tert-OH is 1. The van der Waals surface area contributed by atoms with Crippen molar-refractivity contribution in [1.82, 2.24) is 14.6 Å². The lowest BCUT2D eigenvalue weighted by Gasteiger charge is -2.24. The quantitative estimate of drug-likeness (QED) is 0.274. The number of carbonyl (C=O) groups excluding carboxylic acids is 1. The minimum atomic E-state index is -4.10. The number of hydrogen-bond donors (Lipinski definition) is 3. The van der Waals surface area contributed by atoms with E-state index in [-0.39, 0.29) is 24.6 Å². The SMILES string of the molecule is COC(=O)[C@H](C)NP(=O)(OC[C@H]1S[C@@H](n2ccc(N)nc2=O)C[C@H]1O)Oc1ccc2ccccc2c1. The van der Waals surface area contributed by atoms with Crippen LogP contribution in [0, 0.1) is 0 Å². The van der Waals surface area contributed by atoms with Crippen molar-refractivity contribution >= 4 is 42.1 Å². The summed E-state index contributed by atoms with van der Waals surface area (Å²) in [4.78, 5) is 27.9. The van der Waals surface area contributed by atoms with E-state index in [0.717, 1.165) is 10.8 Å². The van der Waals surface area contributed by atoms with E-state index in [1.807, 2.05) is 30.3 Å². The van der Waals surface area contributed by atoms with Crippen LogP contribution in [0.15, 0.2) is 59.5 Å². The third-order valence-corrected chi connectivity index (χ3v) is 8.80. The molecule has 1 aliphatic rings. The lowest BCUT2D eigenvalue weighted by molar-refractivity contribution is -0.142. The Morgan fingerprint density at radius 2 is 2.06 bits per heavy atom. The number of nitrogens with one attached hydrogen (secondary N) is 1. The molecule has 1 aromatic heterocycles. The average Bonchev–Trinajstić information content (AvgIpc) is 3.22. The highest BCUT2D eigenvalue weighted by Crippen LogP contribution is 2.48. The Hall–Kier alpha value is -2.89. The fourth-order valence-corrected chi connectivity index (χ4v) is 6.82. The molecule has 36 heavy (non-hydrogen) atoms. The largest absolute Gasteiger partial charge is 0.468 e. The van der Waals surface area contributed by atoms with Crippen LogP contribution in [0.3, 0.4) is 0 Å². The minimum absolute atomic E-state index is 0.109. The fourth-order valence-electron chi connectivity index (χ4n) is 3.77. The number of carbonyl (C=O) groups is 1. The summed E-state index contributed by atoms with van der Waals surface area (Å²) in [6.45, 7) is 1.30. The van der Waals surface area contributed by atoms with Crippen LogP contribution in [0.4, 0.5) is 5.82 Å². The zero-order valence-corrected chi connectivity index (χ0v) is 21.4. The molecule has 5 atom stereocenters. The molecule has 0 bridgehead atoms. The summed E-state index contributed by atoms with van der Waals surface area (Å²) >= 11 is 1.28. The zero-order valence-electron chi connectivity index (χ0n) is 19.6. The summed E-state index contributed by atoms with van der Waals surface area (Å²) in [5, 5.41) is 14.1. The second-order valence-corrected chi connectivity index (χ2v) is 11.4. The molecule has 13 heteroatoms. The number of fused-ring (bicyclic) bond motifs is 1. The van der Waals surface area contributed by atoms with Gasteiger partial charge in [-0.15, -0.1) is 11.8 Å². The summed E-state index contributed by atoms with van der Waals surface area (Å²) < 4.78 is 31.3. The van der Waals surface area contributed by atoms with Gasteiger partial charge in [-0.2, -0.15) is 10.1 Å². The number of nitrogens with two attached hydrogens (primary N) is 1. The van der Waals surface area contributed by atoms with Gasteiger partial charge >= 0.3 is 19.4 Å². The molecule has 0 radical (unpaired) electrons. The summed E-state index contributed by atoms with van der Waals surface area (Å²) in [6, 6.07) is 13.3. The van der Waals surface area contributed by atoms with E-state index >= 15 is 0 Å². The van der Waals surface area contributed by atoms with E-state index in [1.165, 1.54) is 42.6 Å². The molecule has 0 amide bonds. The van der Waals surface area contributed by atoms with Crippen molar-refractivity contribution in [2.75, 3.05) is 19.5 Å². The van der Waals surface area contributed by atoms with Crippen molar-refractivity contribution in [1.29, 1.82) is 0 Å². The van der Waals surface area contributed by atoms with Crippen molar-refractivity contribution < 1.29 is 28.3 Å². The molecule has 2 heterocycles. The van der Waals surface area contributed by atoms with E-state index in [1.54, 1.807) is 12.1 Å². The van der Waals surface area contributed by atoms with Crippen LogP contribution in [0.2, 0.25) is 0 Å². The van der Waals surface area contributed by atoms with Gasteiger partial charge < -0.3 is 20.1 Å². The molecule has 192 valence electrons. The second-order valence-electron chi connectivity index (χ2n) is 8.24. The summed E-state index contributed by atoms with van der Waals surface area (Å²) in [5.41, 5.74) is 5.03. The molecule has 1 saturated heterocycles. The first kappa shape index (κ1) is 26.2. The van der Waals surface area contributed by atoms with Gasteiger partial charge in [0.2, 0.25) is 0 Å². The fraction of sp³-hybridized carbons (Fsp3) is 0.348. The monoisotopic (exact) mass is 534 g/mol. The molecule has 4 N–H and O–H groups in total. The number of thioether (sulfide) groups is 1. The Bertz CT molecular complexity index is 1350. The van der Waals surface area contributed by atoms with Gasteiger partial charge in [0, 0.05) is 12.6 Å². The number of nitrogen functional groups attached to an aromatic ring is 1. The van der Waals surface area contributed by atoms with Gasteiger partial charge in [-0.05, 0) is 35.9 Å². The standard InChI is InChI=1S/C23H27N4O7PS/c1-14(22(29)32-2)26-35(31,34-17-8-7-15-5-3-4-6-16(15)11-17)33-13-19-18(28)12-21(36-19)27-10-9-20(24)25-23(27)30/h3-11,14,18-19,21,28H,12-13H2,1-2H3,(H,26,31)(H2,24,25,30)/t14-,18+,19+,21+,35?/m0/s1. The molecule has 1 unspecified atom stereocenters. The molecular weight excluding hydrogens is 507 g/mol. The zero-order chi connectivity index (χ0) is 25.9. The van der Waals surface area contributed by atoms with Crippen LogP contribution < -0.4 is 21.0 Å². The number of esters is 1. The smallest absolute Gasteiger partial charge is 0.459 e. The van der Waals surface area contributed by atoms with Gasteiger partial charge in [-0.3, -0.25) is 13.9 Å². The highest BCUT2D eigenvalue weighted by Gasteiger charge is 2.39. The Morgan fingerprint density at radius 1 is 1.31 bits per heavy atom. The first-order valence-electron chi connectivity index (χ1n) is 11.1. The van der Waals surface area contributed by atoms with Crippen LogP contribution in [-0.2, 0) is 18.6 Å². The summed E-state index contributed by atoms with van der Waals surface area (Å²) in [5.74, 6) is -0.262. The van der Waals surface area contributed by atoms with Crippen LogP contribution in [-0.4, -0.2) is 51.7 Å². The van der Waals surface area contributed by atoms with Crippen LogP contribution in [0.1, 0.15) is 18.7 Å². The molecule has 1 fully saturated rings. The number of aliphatic hydroxyl groups is 1. The maximum atomic E-state index is 13.7. The highest BCUT2D eigenvalue weighted by molar-refractivity contribution is 8.00. The van der Waals surface area contributed by atoms with Gasteiger partial charge in [0.25, 0.3) is 0 Å². The molecule has 4 rings (SSSR count). The summed E-state index contributed by atoms with van der Waals surface area (Å²) in [6.07, 6.45) is 0.925. The van der Waals surface area contributed by atoms with E-state index in [0.29, 0.717) is 0 Å². The van der Waals surface area contributed by atoms with Gasteiger partial charge in [0.05, 0.1) is 30.4 Å². The normalized spacial score (nSPS) is 22.1. The first-order chi connectivity index (χ1) is 17.2. The van der Waals surface area contributed by atoms with Gasteiger partial charge in [-0.25, -0.2) is 9.36 Å². The molecule has 0 spiro atoms. The van der Waals surface area contributed by atoms with E-state index < -0.39 is 42.2 Å². The van der Waals surface area contributed by atoms with Crippen molar-refractivity contribution in [2.24, 2.45) is 0 Å². The van der Waals surface area contributed by atoms with Crippen LogP contribution >= 0.6 is 19.5 Å². The third-order valence-electron chi connectivity index (χ3n) is 5.63. The van der Waals surface area contributed by atoms with E-state index in [2.05, 4.69) is 10.1 Å². The minimum Gasteiger partial charge on any atom is -0.468 e. The highest BCUT2D eigenvalue weighted by atomic mass is 32.2. The number of hydrogen-bond acceptors (Lipinski definition) is 10. The van der Waals surface area contributed by atoms with Crippen molar-refractivity contribution in [2.45, 2.75) is 36.1 Å². The molecule has 0 saturated carbocycles. The van der Waals surface area contributed by atoms with Crippen LogP contribution in [0.5, 0.6) is 5.75 Å². The predicted octanol–water partition coefficient (Wildman–Crippen LogP) is 2.70. The Balaban J connectivity index is 1.51. The lowest BCUT2D eigenvalue weighted by atomic mass is 10.1. The molecular formula is C23H27N4O7PS. The third kappa shape index (κ3) is 6.08. The average molecular weight is 535 g/mol. The number of benzene rings is 2. The van der Waals surface area contributed by atoms with Crippen molar-refractivity contribution in [3.63, 3.8) is 0 Å². The first-order valence-corrected chi connectivity index (χ1v) is 13.6. The number of aromatic nitrogens is 2. The van der Waals surface area contributed by atoms with Gasteiger partial charge in [-0.1, -0.05) is 30.3 Å². The second kappa shape index (κ2) is 11.0. The van der Waals surface area contributed by atoms with Crippen molar-refractivity contribution in [3.05, 3.63) is 65.2 Å². The molecule has 1 aliphatic heterocycles.